The lowest BCUT2D eigenvalue weighted by molar-refractivity contribution is 0.102. The van der Waals surface area contributed by atoms with Crippen LogP contribution in [0.2, 0.25) is 10.0 Å². The Balaban J connectivity index is 1.63. The Kier molecular flexibility index (Phi) is 4.73. The molecule has 0 saturated carbocycles. The molecule has 0 aliphatic heterocycles. The average molecular weight is 419 g/mol. The number of hydrogen-bond donors (Lipinski definition) is 1. The summed E-state index contributed by atoms with van der Waals surface area (Å²) in [4.78, 5) is 17.4. The fourth-order valence-electron chi connectivity index (χ4n) is 2.53. The zero-order valence-electron chi connectivity index (χ0n) is 13.9. The van der Waals surface area contributed by atoms with E-state index in [4.69, 9.17) is 27.9 Å². The lowest BCUT2D eigenvalue weighted by atomic mass is 10.2. The lowest BCUT2D eigenvalue weighted by Crippen LogP contribution is -2.13. The highest BCUT2D eigenvalue weighted by Gasteiger charge is 2.16. The van der Waals surface area contributed by atoms with E-state index in [1.54, 1.807) is 54.1 Å². The van der Waals surface area contributed by atoms with Gasteiger partial charge in [-0.2, -0.15) is 4.98 Å². The Bertz CT molecular complexity index is 1140. The summed E-state index contributed by atoms with van der Waals surface area (Å²) >= 11 is 13.8. The first kappa shape index (κ1) is 17.8. The second kappa shape index (κ2) is 7.19. The highest BCUT2D eigenvalue weighted by atomic mass is 35.5. The van der Waals surface area contributed by atoms with Gasteiger partial charge >= 0.3 is 0 Å². The van der Waals surface area contributed by atoms with Crippen LogP contribution >= 0.6 is 34.5 Å². The number of nitrogens with one attached hydrogen (secondary N) is 1. The molecule has 0 radical (unpaired) electrons. The maximum atomic E-state index is 12.4. The monoisotopic (exact) mass is 418 g/mol. The number of fused-ring (bicyclic) bond motifs is 1. The fraction of sp³-hybridized carbons (Fsp3) is 0.0556. The van der Waals surface area contributed by atoms with Crippen molar-refractivity contribution in [3.05, 3.63) is 63.5 Å². The zero-order chi connectivity index (χ0) is 19.0. The Morgan fingerprint density at radius 2 is 1.96 bits per heavy atom. The third kappa shape index (κ3) is 3.49. The summed E-state index contributed by atoms with van der Waals surface area (Å²) in [6.45, 7) is 0. The number of halogens is 2. The van der Waals surface area contributed by atoms with Gasteiger partial charge in [0.25, 0.3) is 11.9 Å². The standard InChI is InChI=1S/C18H12Cl2N4O2S/c1-26-12-5-2-10(3-6-12)16(25)21-17-22-18-24(23-17)15(9-27-18)13-8-11(19)4-7-14(13)20/h2-9H,1H3,(H,21,23,25). The van der Waals surface area contributed by atoms with Crippen molar-refractivity contribution in [1.29, 1.82) is 0 Å². The van der Waals surface area contributed by atoms with Crippen molar-refractivity contribution in [2.24, 2.45) is 0 Å². The van der Waals surface area contributed by atoms with Crippen molar-refractivity contribution < 1.29 is 9.53 Å². The Morgan fingerprint density at radius 3 is 2.70 bits per heavy atom. The number of carbonyl (C=O) groups excluding carboxylic acids is 1. The molecule has 4 rings (SSSR count). The maximum absolute atomic E-state index is 12.4. The molecular weight excluding hydrogens is 407 g/mol. The van der Waals surface area contributed by atoms with Gasteiger partial charge in [0.1, 0.15) is 5.75 Å². The summed E-state index contributed by atoms with van der Waals surface area (Å²) in [5.74, 6) is 0.579. The number of amides is 1. The van der Waals surface area contributed by atoms with Crippen molar-refractivity contribution in [1.82, 2.24) is 14.6 Å². The van der Waals surface area contributed by atoms with Crippen LogP contribution in [-0.2, 0) is 0 Å². The minimum Gasteiger partial charge on any atom is -0.497 e. The lowest BCUT2D eigenvalue weighted by Gasteiger charge is -2.04. The second-order valence-electron chi connectivity index (χ2n) is 5.56. The van der Waals surface area contributed by atoms with Gasteiger partial charge in [-0.15, -0.1) is 16.4 Å². The Morgan fingerprint density at radius 1 is 1.19 bits per heavy atom. The average Bonchev–Trinajstić information content (AvgIpc) is 3.24. The topological polar surface area (TPSA) is 68.5 Å². The van der Waals surface area contributed by atoms with E-state index in [-0.39, 0.29) is 11.9 Å². The van der Waals surface area contributed by atoms with Crippen LogP contribution in [0, 0.1) is 0 Å². The van der Waals surface area contributed by atoms with Crippen LogP contribution in [-0.4, -0.2) is 27.6 Å². The van der Waals surface area contributed by atoms with Gasteiger partial charge in [-0.25, -0.2) is 4.52 Å². The van der Waals surface area contributed by atoms with Crippen LogP contribution in [0.5, 0.6) is 5.75 Å². The van der Waals surface area contributed by atoms with Gasteiger partial charge < -0.3 is 4.74 Å². The summed E-state index contributed by atoms with van der Waals surface area (Å²) in [5.41, 5.74) is 1.97. The highest BCUT2D eigenvalue weighted by molar-refractivity contribution is 7.15. The molecule has 1 amide bonds. The van der Waals surface area contributed by atoms with E-state index in [2.05, 4.69) is 15.4 Å². The van der Waals surface area contributed by atoms with Crippen molar-refractivity contribution in [2.75, 3.05) is 12.4 Å². The number of hydrogen-bond acceptors (Lipinski definition) is 5. The van der Waals surface area contributed by atoms with E-state index in [1.807, 2.05) is 5.38 Å². The number of ether oxygens (including phenoxy) is 1. The smallest absolute Gasteiger partial charge is 0.258 e. The molecule has 0 aliphatic rings. The second-order valence-corrected chi connectivity index (χ2v) is 7.24. The van der Waals surface area contributed by atoms with Crippen LogP contribution in [0.4, 0.5) is 5.95 Å². The van der Waals surface area contributed by atoms with E-state index in [1.165, 1.54) is 11.3 Å². The molecule has 6 nitrogen and oxygen atoms in total. The van der Waals surface area contributed by atoms with Crippen LogP contribution in [0.1, 0.15) is 10.4 Å². The van der Waals surface area contributed by atoms with Gasteiger partial charge in [-0.1, -0.05) is 23.2 Å². The maximum Gasteiger partial charge on any atom is 0.258 e. The van der Waals surface area contributed by atoms with Gasteiger partial charge in [-0.3, -0.25) is 10.1 Å². The SMILES string of the molecule is COc1ccc(C(=O)Nc2nc3scc(-c4cc(Cl)ccc4Cl)n3n2)cc1. The van der Waals surface area contributed by atoms with Crippen molar-refractivity contribution in [3.8, 4) is 17.0 Å². The summed E-state index contributed by atoms with van der Waals surface area (Å²) in [6.07, 6.45) is 0. The van der Waals surface area contributed by atoms with Crippen molar-refractivity contribution in [2.45, 2.75) is 0 Å². The number of benzene rings is 2. The molecule has 4 aromatic rings. The van der Waals surface area contributed by atoms with E-state index < -0.39 is 0 Å². The van der Waals surface area contributed by atoms with Crippen LogP contribution < -0.4 is 10.1 Å². The number of carbonyl (C=O) groups is 1. The number of nitrogens with zero attached hydrogens (tertiary/aromatic N) is 3. The number of methoxy groups -OCH3 is 1. The fourth-order valence-corrected chi connectivity index (χ4v) is 3.74. The molecule has 0 bridgehead atoms. The molecule has 0 spiro atoms. The van der Waals surface area contributed by atoms with Gasteiger partial charge in [0.05, 0.1) is 17.8 Å². The Labute approximate surface area is 168 Å². The molecule has 27 heavy (non-hydrogen) atoms. The summed E-state index contributed by atoms with van der Waals surface area (Å²) in [5, 5.41) is 10.1. The molecule has 0 aliphatic carbocycles. The van der Waals surface area contributed by atoms with E-state index >= 15 is 0 Å². The van der Waals surface area contributed by atoms with E-state index in [0.29, 0.717) is 26.3 Å². The normalized spacial score (nSPS) is 10.9. The summed E-state index contributed by atoms with van der Waals surface area (Å²) in [6, 6.07) is 12.0. The van der Waals surface area contributed by atoms with Crippen LogP contribution in [0.25, 0.3) is 16.2 Å². The number of anilines is 1. The quantitative estimate of drug-likeness (QED) is 0.504. The molecule has 0 unspecified atom stereocenters. The van der Waals surface area contributed by atoms with Crippen LogP contribution in [0.3, 0.4) is 0 Å². The molecule has 2 aromatic heterocycles. The molecule has 0 fully saturated rings. The molecule has 9 heteroatoms. The molecular formula is C18H12Cl2N4O2S. The number of rotatable bonds is 4. The van der Waals surface area contributed by atoms with E-state index in [0.717, 1.165) is 11.3 Å². The zero-order valence-corrected chi connectivity index (χ0v) is 16.3. The van der Waals surface area contributed by atoms with Gasteiger partial charge in [0.15, 0.2) is 0 Å². The van der Waals surface area contributed by atoms with Crippen molar-refractivity contribution >= 4 is 51.4 Å². The molecule has 0 atom stereocenters. The Hall–Kier alpha value is -2.61. The first-order valence-electron chi connectivity index (χ1n) is 7.80. The first-order valence-corrected chi connectivity index (χ1v) is 9.44. The van der Waals surface area contributed by atoms with Gasteiger partial charge in [0, 0.05) is 21.5 Å². The summed E-state index contributed by atoms with van der Waals surface area (Å²) in [7, 11) is 1.57. The molecule has 2 heterocycles. The number of aromatic nitrogens is 3. The molecule has 0 saturated heterocycles. The summed E-state index contributed by atoms with van der Waals surface area (Å²) < 4.78 is 6.72. The third-order valence-electron chi connectivity index (χ3n) is 3.86. The molecule has 2 aromatic carbocycles. The third-order valence-corrected chi connectivity index (χ3v) is 5.24. The largest absolute Gasteiger partial charge is 0.497 e. The highest BCUT2D eigenvalue weighted by Crippen LogP contribution is 2.33. The van der Waals surface area contributed by atoms with E-state index in [9.17, 15) is 4.79 Å². The van der Waals surface area contributed by atoms with Gasteiger partial charge in [-0.05, 0) is 42.5 Å². The predicted octanol–water partition coefficient (Wildman–Crippen LogP) is 5.03. The predicted molar refractivity (Wildman–Crippen MR) is 107 cm³/mol. The van der Waals surface area contributed by atoms with Crippen LogP contribution in [0.15, 0.2) is 47.8 Å². The van der Waals surface area contributed by atoms with Gasteiger partial charge in [0.2, 0.25) is 4.96 Å². The minimum atomic E-state index is -0.307. The first-order chi connectivity index (χ1) is 13.0. The van der Waals surface area contributed by atoms with Crippen molar-refractivity contribution in [3.63, 3.8) is 0 Å². The minimum absolute atomic E-state index is 0.210. The molecule has 1 N–H and O–H groups in total. The number of thiazole rings is 1. The molecule has 136 valence electrons.